The lowest BCUT2D eigenvalue weighted by atomic mass is 10.1. The number of esters is 1. The lowest BCUT2D eigenvalue weighted by Gasteiger charge is -2.06. The van der Waals surface area contributed by atoms with Crippen LogP contribution in [-0.2, 0) is 36.5 Å². The Balaban J connectivity index is 1.86. The van der Waals surface area contributed by atoms with Gasteiger partial charge < -0.3 is 9.30 Å². The van der Waals surface area contributed by atoms with E-state index in [1.165, 1.54) is 18.4 Å². The van der Waals surface area contributed by atoms with Crippen molar-refractivity contribution in [3.63, 3.8) is 0 Å². The normalized spacial score (nSPS) is 12.3. The molecular formula is C22H24N2O5S2. The first-order chi connectivity index (χ1) is 14.7. The summed E-state index contributed by atoms with van der Waals surface area (Å²) in [5.41, 5.74) is 3.59. The van der Waals surface area contributed by atoms with Crippen LogP contribution >= 0.6 is 11.3 Å². The fourth-order valence-corrected chi connectivity index (χ4v) is 5.52. The number of methoxy groups -OCH3 is 1. The van der Waals surface area contributed by atoms with Gasteiger partial charge in [-0.1, -0.05) is 41.7 Å². The first-order valence-corrected chi connectivity index (χ1v) is 12.3. The maximum absolute atomic E-state index is 12.5. The number of carbonyl (C=O) groups is 2. The summed E-state index contributed by atoms with van der Waals surface area (Å²) in [4.78, 5) is 28.8. The third-order valence-electron chi connectivity index (χ3n) is 4.89. The van der Waals surface area contributed by atoms with Crippen molar-refractivity contribution in [3.8, 4) is 0 Å². The van der Waals surface area contributed by atoms with E-state index in [9.17, 15) is 18.0 Å². The van der Waals surface area contributed by atoms with E-state index in [0.29, 0.717) is 10.4 Å². The fraction of sp³-hybridized carbons (Fsp3) is 0.318. The number of hydrogen-bond donors (Lipinski definition) is 0. The first kappa shape index (κ1) is 22.9. The molecule has 0 spiro atoms. The molecular weight excluding hydrogens is 436 g/mol. The number of sulfone groups is 1. The van der Waals surface area contributed by atoms with E-state index < -0.39 is 21.7 Å². The molecule has 0 fully saturated rings. The summed E-state index contributed by atoms with van der Waals surface area (Å²) < 4.78 is 32.0. The Morgan fingerprint density at radius 1 is 1.10 bits per heavy atom. The van der Waals surface area contributed by atoms with Gasteiger partial charge in [0.15, 0.2) is 14.6 Å². The second-order valence-corrected chi connectivity index (χ2v) is 10.5. The van der Waals surface area contributed by atoms with Gasteiger partial charge in [-0.25, -0.2) is 8.42 Å². The van der Waals surface area contributed by atoms with Crippen molar-refractivity contribution in [2.75, 3.05) is 12.9 Å². The molecule has 0 saturated carbocycles. The van der Waals surface area contributed by atoms with Crippen molar-refractivity contribution >= 4 is 43.3 Å². The van der Waals surface area contributed by atoms with Crippen LogP contribution in [0.4, 0.5) is 0 Å². The molecule has 0 atom stereocenters. The van der Waals surface area contributed by atoms with Crippen molar-refractivity contribution in [2.45, 2.75) is 32.6 Å². The summed E-state index contributed by atoms with van der Waals surface area (Å²) in [5, 5.41) is 0. The van der Waals surface area contributed by atoms with Crippen molar-refractivity contribution in [1.82, 2.24) is 4.57 Å². The van der Waals surface area contributed by atoms with Gasteiger partial charge in [0.2, 0.25) is 5.91 Å². The molecule has 2 aromatic carbocycles. The van der Waals surface area contributed by atoms with Gasteiger partial charge in [-0.3, -0.25) is 9.59 Å². The van der Waals surface area contributed by atoms with Crippen LogP contribution in [0.5, 0.6) is 0 Å². The molecule has 0 bridgehead atoms. The number of rotatable bonds is 7. The standard InChI is InChI=1S/C22H24N2O5S2/c1-15-11-18-19(12-16(15)2)30-22(24(18)13-21(26)29-3)23-20(25)9-10-31(27,28)14-17-7-5-4-6-8-17/h4-8,11-12H,9-10,13-14H2,1-3H3. The molecule has 1 amide bonds. The third-order valence-corrected chi connectivity index (χ3v) is 7.53. The average Bonchev–Trinajstić information content (AvgIpc) is 3.03. The molecule has 0 saturated heterocycles. The van der Waals surface area contributed by atoms with Gasteiger partial charge in [0.05, 0.1) is 28.8 Å². The summed E-state index contributed by atoms with van der Waals surface area (Å²) >= 11 is 1.28. The SMILES string of the molecule is COC(=O)Cn1c(=NC(=O)CCS(=O)(=O)Cc2ccccc2)sc2cc(C)c(C)cc21. The van der Waals surface area contributed by atoms with Crippen LogP contribution in [0.3, 0.4) is 0 Å². The van der Waals surface area contributed by atoms with Gasteiger partial charge in [0, 0.05) is 6.42 Å². The van der Waals surface area contributed by atoms with Crippen LogP contribution < -0.4 is 4.80 Å². The zero-order valence-corrected chi connectivity index (χ0v) is 19.3. The van der Waals surface area contributed by atoms with Gasteiger partial charge in [-0.15, -0.1) is 0 Å². The zero-order valence-electron chi connectivity index (χ0n) is 17.6. The van der Waals surface area contributed by atoms with Crippen LogP contribution in [-0.4, -0.2) is 37.7 Å². The van der Waals surface area contributed by atoms with E-state index >= 15 is 0 Å². The Hall–Kier alpha value is -2.78. The van der Waals surface area contributed by atoms with Gasteiger partial charge in [-0.05, 0) is 42.7 Å². The number of amides is 1. The predicted molar refractivity (Wildman–Crippen MR) is 120 cm³/mol. The van der Waals surface area contributed by atoms with Gasteiger partial charge in [-0.2, -0.15) is 4.99 Å². The van der Waals surface area contributed by atoms with E-state index in [1.54, 1.807) is 28.8 Å². The monoisotopic (exact) mass is 460 g/mol. The lowest BCUT2D eigenvalue weighted by molar-refractivity contribution is -0.141. The highest BCUT2D eigenvalue weighted by Gasteiger charge is 2.16. The maximum Gasteiger partial charge on any atom is 0.325 e. The molecule has 3 rings (SSSR count). The molecule has 0 unspecified atom stereocenters. The average molecular weight is 461 g/mol. The smallest absolute Gasteiger partial charge is 0.325 e. The second kappa shape index (κ2) is 9.57. The van der Waals surface area contributed by atoms with Crippen LogP contribution in [0.15, 0.2) is 47.5 Å². The zero-order chi connectivity index (χ0) is 22.6. The molecule has 3 aromatic rings. The fourth-order valence-electron chi connectivity index (χ4n) is 3.06. The second-order valence-electron chi connectivity index (χ2n) is 7.28. The minimum atomic E-state index is -3.45. The summed E-state index contributed by atoms with van der Waals surface area (Å²) in [7, 11) is -2.15. The molecule has 1 heterocycles. The number of hydrogen-bond acceptors (Lipinski definition) is 6. The number of nitrogens with zero attached hydrogens (tertiary/aromatic N) is 2. The topological polar surface area (TPSA) is 94.8 Å². The Bertz CT molecular complexity index is 1290. The maximum atomic E-state index is 12.5. The summed E-state index contributed by atoms with van der Waals surface area (Å²) in [6.45, 7) is 3.87. The molecule has 0 aliphatic rings. The number of aromatic nitrogens is 1. The third kappa shape index (κ3) is 5.89. The van der Waals surface area contributed by atoms with Crippen LogP contribution in [0, 0.1) is 13.8 Å². The van der Waals surface area contributed by atoms with E-state index in [-0.39, 0.29) is 24.5 Å². The van der Waals surface area contributed by atoms with Crippen molar-refractivity contribution < 1.29 is 22.7 Å². The van der Waals surface area contributed by atoms with E-state index in [0.717, 1.165) is 21.3 Å². The highest BCUT2D eigenvalue weighted by Crippen LogP contribution is 2.22. The minimum Gasteiger partial charge on any atom is -0.468 e. The molecule has 164 valence electrons. The predicted octanol–water partition coefficient (Wildman–Crippen LogP) is 2.93. The van der Waals surface area contributed by atoms with Crippen LogP contribution in [0.1, 0.15) is 23.1 Å². The number of ether oxygens (including phenoxy) is 1. The highest BCUT2D eigenvalue weighted by molar-refractivity contribution is 7.90. The quantitative estimate of drug-likeness (QED) is 0.505. The number of aryl methyl sites for hydroxylation is 2. The molecule has 0 N–H and O–H groups in total. The van der Waals surface area contributed by atoms with Crippen LogP contribution in [0.2, 0.25) is 0 Å². The highest BCUT2D eigenvalue weighted by atomic mass is 32.2. The van der Waals surface area contributed by atoms with Gasteiger partial charge >= 0.3 is 5.97 Å². The van der Waals surface area contributed by atoms with Crippen molar-refractivity contribution in [2.24, 2.45) is 4.99 Å². The van der Waals surface area contributed by atoms with Crippen LogP contribution in [0.25, 0.3) is 10.2 Å². The van der Waals surface area contributed by atoms with E-state index in [4.69, 9.17) is 4.74 Å². The molecule has 9 heteroatoms. The van der Waals surface area contributed by atoms with Gasteiger partial charge in [0.25, 0.3) is 0 Å². The Morgan fingerprint density at radius 3 is 2.45 bits per heavy atom. The molecule has 31 heavy (non-hydrogen) atoms. The Labute approximate surface area is 184 Å². The van der Waals surface area contributed by atoms with E-state index in [2.05, 4.69) is 4.99 Å². The number of benzene rings is 2. The summed E-state index contributed by atoms with van der Waals surface area (Å²) in [6.07, 6.45) is -0.223. The Morgan fingerprint density at radius 2 is 1.77 bits per heavy atom. The molecule has 7 nitrogen and oxygen atoms in total. The molecule has 0 radical (unpaired) electrons. The Kier molecular flexibility index (Phi) is 7.07. The van der Waals surface area contributed by atoms with Gasteiger partial charge in [0.1, 0.15) is 6.54 Å². The lowest BCUT2D eigenvalue weighted by Crippen LogP contribution is -2.23. The van der Waals surface area contributed by atoms with Crippen molar-refractivity contribution in [1.29, 1.82) is 0 Å². The number of fused-ring (bicyclic) bond motifs is 1. The first-order valence-electron chi connectivity index (χ1n) is 9.68. The minimum absolute atomic E-state index is 0.0859. The summed E-state index contributed by atoms with van der Waals surface area (Å²) in [5.74, 6) is -1.41. The summed E-state index contributed by atoms with van der Waals surface area (Å²) in [6, 6.07) is 12.8. The number of thiazole rings is 1. The number of carbonyl (C=O) groups excluding carboxylic acids is 2. The largest absolute Gasteiger partial charge is 0.468 e. The molecule has 0 aliphatic heterocycles. The molecule has 0 aliphatic carbocycles. The van der Waals surface area contributed by atoms with Crippen molar-refractivity contribution in [3.05, 3.63) is 64.0 Å². The molecule has 1 aromatic heterocycles. The van der Waals surface area contributed by atoms with E-state index in [1.807, 2.05) is 32.0 Å².